The molecule has 3 rings (SSSR count). The number of nitrogens with one attached hydrogen (secondary N) is 1. The monoisotopic (exact) mass is 438 g/mol. The molecule has 162 valence electrons. The van der Waals surface area contributed by atoms with E-state index in [1.807, 2.05) is 44.2 Å². The lowest BCUT2D eigenvalue weighted by Crippen LogP contribution is -2.37. The van der Waals surface area contributed by atoms with Gasteiger partial charge >= 0.3 is 0 Å². The average molecular weight is 439 g/mol. The largest absolute Gasteiger partial charge is 0.491 e. The Bertz CT molecular complexity index is 1130. The van der Waals surface area contributed by atoms with E-state index in [2.05, 4.69) is 5.32 Å². The van der Waals surface area contributed by atoms with E-state index in [1.165, 1.54) is 11.4 Å². The van der Waals surface area contributed by atoms with Gasteiger partial charge in [-0.15, -0.1) is 0 Å². The summed E-state index contributed by atoms with van der Waals surface area (Å²) in [6.45, 7) is 3.98. The van der Waals surface area contributed by atoms with Gasteiger partial charge in [0.25, 0.3) is 15.9 Å². The highest BCUT2D eigenvalue weighted by molar-refractivity contribution is 7.92. The van der Waals surface area contributed by atoms with Crippen LogP contribution < -0.4 is 14.4 Å². The Morgan fingerprint density at radius 1 is 1.00 bits per heavy atom. The standard InChI is InChI=1S/C24H26N2O4S/c1-18-14-15-20(24(27)25-19(2)17-30-21-10-6-4-7-11-21)16-23(18)26(3)31(28,29)22-12-8-5-9-13-22/h4-16,19H,17H2,1-3H3,(H,25,27). The molecule has 0 aliphatic rings. The van der Waals surface area contributed by atoms with Gasteiger partial charge in [-0.2, -0.15) is 0 Å². The van der Waals surface area contributed by atoms with Gasteiger partial charge in [0.15, 0.2) is 0 Å². The minimum Gasteiger partial charge on any atom is -0.491 e. The number of benzene rings is 3. The van der Waals surface area contributed by atoms with Gasteiger partial charge in [-0.25, -0.2) is 8.42 Å². The predicted molar refractivity (Wildman–Crippen MR) is 122 cm³/mol. The molecule has 0 bridgehead atoms. The van der Waals surface area contributed by atoms with Crippen molar-refractivity contribution < 1.29 is 17.9 Å². The summed E-state index contributed by atoms with van der Waals surface area (Å²) in [5.41, 5.74) is 1.57. The van der Waals surface area contributed by atoms with Gasteiger partial charge in [0.2, 0.25) is 0 Å². The van der Waals surface area contributed by atoms with Crippen molar-refractivity contribution in [3.63, 3.8) is 0 Å². The lowest BCUT2D eigenvalue weighted by molar-refractivity contribution is 0.0926. The quantitative estimate of drug-likeness (QED) is 0.576. The molecule has 1 unspecified atom stereocenters. The van der Waals surface area contributed by atoms with Crippen LogP contribution >= 0.6 is 0 Å². The maximum atomic E-state index is 13.0. The first-order chi connectivity index (χ1) is 14.8. The van der Waals surface area contributed by atoms with Crippen molar-refractivity contribution in [2.45, 2.75) is 24.8 Å². The van der Waals surface area contributed by atoms with Crippen LogP contribution in [0.15, 0.2) is 83.8 Å². The molecule has 1 amide bonds. The van der Waals surface area contributed by atoms with Crippen LogP contribution in [0.3, 0.4) is 0 Å². The number of hydrogen-bond donors (Lipinski definition) is 1. The molecule has 0 heterocycles. The smallest absolute Gasteiger partial charge is 0.264 e. The molecule has 6 nitrogen and oxygen atoms in total. The molecule has 7 heteroatoms. The van der Waals surface area contributed by atoms with Crippen molar-refractivity contribution in [3.05, 3.63) is 90.0 Å². The Balaban J connectivity index is 1.73. The Kier molecular flexibility index (Phi) is 6.97. The number of anilines is 1. The maximum Gasteiger partial charge on any atom is 0.264 e. The normalized spacial score (nSPS) is 12.1. The summed E-state index contributed by atoms with van der Waals surface area (Å²) in [4.78, 5) is 12.9. The molecule has 0 aliphatic heterocycles. The molecule has 3 aromatic carbocycles. The number of rotatable bonds is 8. The van der Waals surface area contributed by atoms with Crippen molar-refractivity contribution in [3.8, 4) is 5.75 Å². The highest BCUT2D eigenvalue weighted by Gasteiger charge is 2.23. The molecule has 0 fully saturated rings. The third-order valence-electron chi connectivity index (χ3n) is 4.83. The van der Waals surface area contributed by atoms with Gasteiger partial charge < -0.3 is 10.1 Å². The second-order valence-electron chi connectivity index (χ2n) is 7.29. The van der Waals surface area contributed by atoms with Crippen molar-refractivity contribution in [2.75, 3.05) is 18.0 Å². The molecule has 0 spiro atoms. The van der Waals surface area contributed by atoms with E-state index in [9.17, 15) is 13.2 Å². The van der Waals surface area contributed by atoms with Gasteiger partial charge in [-0.05, 0) is 55.8 Å². The van der Waals surface area contributed by atoms with Crippen LogP contribution in [0.5, 0.6) is 5.75 Å². The van der Waals surface area contributed by atoms with Gasteiger partial charge in [-0.3, -0.25) is 9.10 Å². The van der Waals surface area contributed by atoms with Crippen LogP contribution in [-0.4, -0.2) is 34.0 Å². The van der Waals surface area contributed by atoms with Crippen LogP contribution in [0.1, 0.15) is 22.8 Å². The lowest BCUT2D eigenvalue weighted by Gasteiger charge is -2.22. The number of carbonyl (C=O) groups is 1. The second kappa shape index (κ2) is 9.66. The zero-order valence-electron chi connectivity index (χ0n) is 17.8. The highest BCUT2D eigenvalue weighted by Crippen LogP contribution is 2.26. The first-order valence-corrected chi connectivity index (χ1v) is 11.4. The fourth-order valence-electron chi connectivity index (χ4n) is 3.06. The molecule has 1 N–H and O–H groups in total. The zero-order valence-corrected chi connectivity index (χ0v) is 18.6. The number of ether oxygens (including phenoxy) is 1. The van der Waals surface area contributed by atoms with E-state index in [4.69, 9.17) is 4.74 Å². The lowest BCUT2D eigenvalue weighted by atomic mass is 10.1. The molecule has 31 heavy (non-hydrogen) atoms. The van der Waals surface area contributed by atoms with Gasteiger partial charge in [0.1, 0.15) is 12.4 Å². The molecule has 0 saturated heterocycles. The highest BCUT2D eigenvalue weighted by atomic mass is 32.2. The Morgan fingerprint density at radius 2 is 1.61 bits per heavy atom. The van der Waals surface area contributed by atoms with Gasteiger partial charge in [0.05, 0.1) is 16.6 Å². The first kappa shape index (κ1) is 22.4. The second-order valence-corrected chi connectivity index (χ2v) is 9.25. The predicted octanol–water partition coefficient (Wildman–Crippen LogP) is 4.02. The summed E-state index contributed by atoms with van der Waals surface area (Å²) < 4.78 is 32.8. The van der Waals surface area contributed by atoms with Crippen molar-refractivity contribution >= 4 is 21.6 Å². The number of carbonyl (C=O) groups excluding carboxylic acids is 1. The first-order valence-electron chi connectivity index (χ1n) is 9.92. The fraction of sp³-hybridized carbons (Fsp3) is 0.208. The summed E-state index contributed by atoms with van der Waals surface area (Å²) in [5.74, 6) is 0.435. The van der Waals surface area contributed by atoms with E-state index in [0.29, 0.717) is 17.9 Å². The molecule has 3 aromatic rings. The summed E-state index contributed by atoms with van der Waals surface area (Å²) in [6.07, 6.45) is 0. The van der Waals surface area contributed by atoms with Crippen LogP contribution in [0, 0.1) is 6.92 Å². The molecule has 0 aliphatic carbocycles. The maximum absolute atomic E-state index is 13.0. The molecule has 1 atom stereocenters. The summed E-state index contributed by atoms with van der Waals surface area (Å²) in [6, 6.07) is 22.4. The third kappa shape index (κ3) is 5.44. The van der Waals surface area contributed by atoms with Crippen LogP contribution in [0.25, 0.3) is 0 Å². The van der Waals surface area contributed by atoms with Gasteiger partial charge in [0, 0.05) is 12.6 Å². The average Bonchev–Trinajstić information content (AvgIpc) is 2.78. The molecule has 0 saturated carbocycles. The number of amides is 1. The minimum absolute atomic E-state index is 0.193. The summed E-state index contributed by atoms with van der Waals surface area (Å²) >= 11 is 0. The number of sulfonamides is 1. The molecular weight excluding hydrogens is 412 g/mol. The van der Waals surface area contributed by atoms with Crippen molar-refractivity contribution in [2.24, 2.45) is 0 Å². The number of para-hydroxylation sites is 1. The van der Waals surface area contributed by atoms with Gasteiger partial charge in [-0.1, -0.05) is 42.5 Å². The SMILES string of the molecule is Cc1ccc(C(=O)NC(C)COc2ccccc2)cc1N(C)S(=O)(=O)c1ccccc1. The number of nitrogens with zero attached hydrogens (tertiary/aromatic N) is 1. The van der Waals surface area contributed by atoms with Crippen LogP contribution in [0.4, 0.5) is 5.69 Å². The Labute approximate surface area is 183 Å². The summed E-state index contributed by atoms with van der Waals surface area (Å²) in [7, 11) is -2.25. The Morgan fingerprint density at radius 3 is 2.26 bits per heavy atom. The number of hydrogen-bond acceptors (Lipinski definition) is 4. The number of aryl methyl sites for hydroxylation is 1. The molecule has 0 radical (unpaired) electrons. The van der Waals surface area contributed by atoms with E-state index in [0.717, 1.165) is 11.3 Å². The van der Waals surface area contributed by atoms with Crippen LogP contribution in [-0.2, 0) is 10.0 Å². The van der Waals surface area contributed by atoms with Crippen LogP contribution in [0.2, 0.25) is 0 Å². The van der Waals surface area contributed by atoms with E-state index in [-0.39, 0.29) is 16.8 Å². The Hall–Kier alpha value is -3.32. The fourth-order valence-corrected chi connectivity index (χ4v) is 4.33. The third-order valence-corrected chi connectivity index (χ3v) is 6.62. The van der Waals surface area contributed by atoms with Crippen molar-refractivity contribution in [1.82, 2.24) is 5.32 Å². The molecular formula is C24H26N2O4S. The summed E-state index contributed by atoms with van der Waals surface area (Å²) in [5, 5.41) is 2.89. The topological polar surface area (TPSA) is 75.7 Å². The van der Waals surface area contributed by atoms with Crippen molar-refractivity contribution in [1.29, 1.82) is 0 Å². The van der Waals surface area contributed by atoms with E-state index < -0.39 is 10.0 Å². The minimum atomic E-state index is -3.74. The molecule has 0 aromatic heterocycles. The van der Waals surface area contributed by atoms with E-state index in [1.54, 1.807) is 48.5 Å². The van der Waals surface area contributed by atoms with E-state index >= 15 is 0 Å². The zero-order chi connectivity index (χ0) is 22.4.